The van der Waals surface area contributed by atoms with Gasteiger partial charge in [-0.1, -0.05) is 30.3 Å². The van der Waals surface area contributed by atoms with Crippen LogP contribution in [0.2, 0.25) is 0 Å². The number of carbonyl (C=O) groups is 4. The van der Waals surface area contributed by atoms with E-state index in [2.05, 4.69) is 46.5 Å². The highest BCUT2D eigenvalue weighted by atomic mass is 19.4. The van der Waals surface area contributed by atoms with Crippen LogP contribution in [-0.4, -0.2) is 317 Å². The Labute approximate surface area is 578 Å². The van der Waals surface area contributed by atoms with Crippen molar-refractivity contribution in [3.05, 3.63) is 72.1 Å². The lowest BCUT2D eigenvalue weighted by molar-refractivity contribution is -0.161. The van der Waals surface area contributed by atoms with E-state index in [0.29, 0.717) is 12.4 Å². The number of carbonyl (C=O) groups excluding carboxylic acids is 4. The molecule has 0 radical (unpaired) electrons. The number of aliphatic hydroxyl groups is 4. The van der Waals surface area contributed by atoms with Crippen LogP contribution in [-0.2, 0) is 114 Å². The summed E-state index contributed by atoms with van der Waals surface area (Å²) in [5.74, 6) is -2.10. The molecule has 3 aromatic rings. The Hall–Kier alpha value is -6.32. The number of esters is 1. The zero-order valence-corrected chi connectivity index (χ0v) is 55.7. The van der Waals surface area contributed by atoms with Gasteiger partial charge in [-0.25, -0.2) is 14.8 Å². The maximum Gasteiger partial charge on any atom is 0.434 e. The van der Waals surface area contributed by atoms with E-state index < -0.39 is 90.4 Å². The number of anilines is 2. The highest BCUT2D eigenvalue weighted by molar-refractivity contribution is 5.77. The minimum Gasteiger partial charge on any atom is -0.459 e. The monoisotopic (exact) mass is 1460 g/mol. The molecule has 2 aliphatic heterocycles. The zero-order chi connectivity index (χ0) is 72.8. The average Bonchev–Trinajstić information content (AvgIpc) is 0.836. The number of nitrogens with zero attached hydrogens (tertiary/aromatic N) is 4. The summed E-state index contributed by atoms with van der Waals surface area (Å²) in [5.41, 5.74) is -1.58. The summed E-state index contributed by atoms with van der Waals surface area (Å²) in [7, 11) is 0. The third-order valence-electron chi connectivity index (χ3n) is 14.1. The molecule has 0 spiro atoms. The van der Waals surface area contributed by atoms with Crippen LogP contribution in [0.5, 0.6) is 0 Å². The number of nitrogens with one attached hydrogen (secondary N) is 5. The lowest BCUT2D eigenvalue weighted by atomic mass is 9.98. The molecule has 2 aliphatic rings. The van der Waals surface area contributed by atoms with Gasteiger partial charge in [0.25, 0.3) is 0 Å². The second-order valence-corrected chi connectivity index (χ2v) is 22.1. The maximum absolute atomic E-state index is 13.0. The lowest BCUT2D eigenvalue weighted by Crippen LogP contribution is -2.57. The van der Waals surface area contributed by atoms with E-state index >= 15 is 0 Å². The first-order valence-electron chi connectivity index (χ1n) is 32.6. The summed E-state index contributed by atoms with van der Waals surface area (Å²) < 4.78 is 166. The van der Waals surface area contributed by atoms with Gasteiger partial charge in [-0.15, -0.1) is 0 Å². The summed E-state index contributed by atoms with van der Waals surface area (Å²) in [4.78, 5) is 63.7. The molecule has 9 N–H and O–H groups in total. The first-order chi connectivity index (χ1) is 48.8. The lowest BCUT2D eigenvalue weighted by Gasteiger charge is -2.38. The molecule has 0 aliphatic carbocycles. The van der Waals surface area contributed by atoms with Crippen LogP contribution in [0.25, 0.3) is 0 Å². The molecule has 4 heterocycles. The van der Waals surface area contributed by atoms with E-state index in [1.165, 1.54) is 0 Å². The average molecular weight is 1460 g/mol. The van der Waals surface area contributed by atoms with E-state index in [9.17, 15) is 65.9 Å². The van der Waals surface area contributed by atoms with E-state index in [-0.39, 0.29) is 241 Å². The van der Waals surface area contributed by atoms with Crippen molar-refractivity contribution in [2.45, 2.75) is 86.6 Å². The predicted octanol–water partition coefficient (Wildman–Crippen LogP) is -0.737. The van der Waals surface area contributed by atoms with Gasteiger partial charge in [0.15, 0.2) is 11.4 Å². The van der Waals surface area contributed by atoms with Crippen LogP contribution in [0.15, 0.2) is 55.1 Å². The number of rotatable bonds is 55. The molecule has 2 saturated heterocycles. The Morgan fingerprint density at radius 1 is 0.465 bits per heavy atom. The van der Waals surface area contributed by atoms with Gasteiger partial charge in [0, 0.05) is 25.9 Å². The molecular formula is C62H93F6N9O24. The normalized spacial score (nSPS) is 19.4. The van der Waals surface area contributed by atoms with Crippen molar-refractivity contribution < 1.29 is 142 Å². The van der Waals surface area contributed by atoms with E-state index in [4.69, 9.17) is 75.8 Å². The Bertz CT molecular complexity index is 2600. The summed E-state index contributed by atoms with van der Waals surface area (Å²) in [6, 6.07) is 6.62. The van der Waals surface area contributed by atoms with Gasteiger partial charge in [-0.2, -0.15) is 26.3 Å². The molecule has 2 aromatic heterocycles. The minimum atomic E-state index is -4.71. The second kappa shape index (κ2) is 50.1. The smallest absolute Gasteiger partial charge is 0.434 e. The molecule has 8 atom stereocenters. The number of halogens is 6. The van der Waals surface area contributed by atoms with Crippen molar-refractivity contribution in [2.75, 3.05) is 209 Å². The number of amides is 3. The van der Waals surface area contributed by atoms with Gasteiger partial charge in [-0.3, -0.25) is 24.4 Å². The molecule has 0 unspecified atom stereocenters. The van der Waals surface area contributed by atoms with Crippen LogP contribution in [0, 0.1) is 0 Å². The van der Waals surface area contributed by atoms with Gasteiger partial charge in [0.2, 0.25) is 17.7 Å². The van der Waals surface area contributed by atoms with Crippen molar-refractivity contribution in [1.29, 1.82) is 0 Å². The van der Waals surface area contributed by atoms with Gasteiger partial charge >= 0.3 is 18.3 Å². The molecule has 2 fully saturated rings. The topological polar surface area (TPSA) is 409 Å². The van der Waals surface area contributed by atoms with E-state index in [0.717, 1.165) is 18.0 Å². The molecule has 0 bridgehead atoms. The molecule has 5 rings (SSSR count). The van der Waals surface area contributed by atoms with Gasteiger partial charge in [-0.05, 0) is 5.56 Å². The third kappa shape index (κ3) is 37.6. The summed E-state index contributed by atoms with van der Waals surface area (Å²) in [6.07, 6.45) is -13.6. The Balaban J connectivity index is 0.838. The molecule has 33 nitrogen and oxygen atoms in total. The fraction of sp³-hybridized carbons (Fsp3) is 0.710. The number of aromatic nitrogens is 4. The van der Waals surface area contributed by atoms with E-state index in [1.54, 1.807) is 0 Å². The first kappa shape index (κ1) is 85.3. The minimum absolute atomic E-state index is 0.00113. The predicted molar refractivity (Wildman–Crippen MR) is 336 cm³/mol. The number of hydrogen-bond donors (Lipinski definition) is 9. The van der Waals surface area contributed by atoms with Crippen LogP contribution >= 0.6 is 0 Å². The van der Waals surface area contributed by atoms with Crippen LogP contribution in [0.4, 0.5) is 38.0 Å². The standard InChI is InChI=1S/C62H93F6N9O24/c63-61(64,65)49-30-69-32-51(76-49)74-45-37-99-47(59(84)57(45)82)39-95-26-22-90-20-18-88-16-14-86-12-8-71-53(78)6-10-93-35-44(73-55(80)41-97-28-24-92-25-29-98-42-56(81)101-34-43-4-2-1-3-5-43)36-94-11-7-54(79)72-9-13-87-15-17-89-19-21-91-23-27-96-40-48-60(85)58(83)46(38-100-48)75-52-33-70-31-50(77-52)62(66,67)68/h1-5,30-33,44-48,57-60,82-85H,6-29,34-42H2,(H,71,78)(H,72,79)(H,73,80)(H,74,76)(H,75,77)/t45-,46-,47+,48+,57+,58+,59-,60-/m0/s1. The molecule has 572 valence electrons. The molecule has 101 heavy (non-hydrogen) atoms. The van der Waals surface area contributed by atoms with Crippen molar-refractivity contribution in [3.63, 3.8) is 0 Å². The third-order valence-corrected chi connectivity index (χ3v) is 14.1. The summed E-state index contributed by atoms with van der Waals surface area (Å²) in [6.45, 7) is 3.05. The largest absolute Gasteiger partial charge is 0.459 e. The molecule has 1 aromatic carbocycles. The maximum atomic E-state index is 13.0. The molecule has 3 amide bonds. The van der Waals surface area contributed by atoms with Crippen molar-refractivity contribution >= 4 is 35.3 Å². The van der Waals surface area contributed by atoms with Crippen LogP contribution in [0.3, 0.4) is 0 Å². The SMILES string of the molecule is O=C(CCOCC(COCCC(=O)NCCOCCOCCOCCOC[C@H]1OC[C@H](Nc2cncc(C(F)(F)F)n2)[C@@H](O)[C@H]1O)NC(=O)COCCOCCOCC(=O)OCc1ccccc1)NCCOCCOCCOCCOC[C@H]1OC[C@H](Nc2cncc(C(F)(F)F)n2)[C@@H](O)[C@H]1O. The second-order valence-electron chi connectivity index (χ2n) is 22.1. The van der Waals surface area contributed by atoms with Crippen LogP contribution in [0.1, 0.15) is 29.8 Å². The van der Waals surface area contributed by atoms with Crippen molar-refractivity contribution in [1.82, 2.24) is 35.9 Å². The van der Waals surface area contributed by atoms with Gasteiger partial charge in [0.05, 0.1) is 215 Å². The van der Waals surface area contributed by atoms with Gasteiger partial charge < -0.3 is 123 Å². The Morgan fingerprint density at radius 3 is 1.27 bits per heavy atom. The Morgan fingerprint density at radius 2 is 0.851 bits per heavy atom. The highest BCUT2D eigenvalue weighted by Gasteiger charge is 2.41. The number of aliphatic hydroxyl groups excluding tert-OH is 4. The summed E-state index contributed by atoms with van der Waals surface area (Å²) in [5, 5.41) is 55.5. The highest BCUT2D eigenvalue weighted by Crippen LogP contribution is 2.30. The zero-order valence-electron chi connectivity index (χ0n) is 55.7. The number of ether oxygens (including phenoxy) is 16. The molecule has 0 saturated carbocycles. The summed E-state index contributed by atoms with van der Waals surface area (Å²) >= 11 is 0. The number of alkyl halides is 6. The number of hydrogen-bond acceptors (Lipinski definition) is 30. The fourth-order valence-electron chi connectivity index (χ4n) is 8.88. The molecular weight excluding hydrogens is 1370 g/mol. The van der Waals surface area contributed by atoms with E-state index in [1.807, 2.05) is 30.3 Å². The quantitative estimate of drug-likeness (QED) is 0.0191. The fourth-order valence-corrected chi connectivity index (χ4v) is 8.88. The van der Waals surface area contributed by atoms with Crippen molar-refractivity contribution in [3.8, 4) is 0 Å². The van der Waals surface area contributed by atoms with Crippen LogP contribution < -0.4 is 26.6 Å². The molecule has 39 heteroatoms. The van der Waals surface area contributed by atoms with Gasteiger partial charge in [0.1, 0.15) is 68.1 Å². The number of benzene rings is 1. The first-order valence-corrected chi connectivity index (χ1v) is 32.6. The van der Waals surface area contributed by atoms with Crippen molar-refractivity contribution in [2.24, 2.45) is 0 Å². The Kier molecular flexibility index (Phi) is 42.4.